The van der Waals surface area contributed by atoms with Gasteiger partial charge in [-0.25, -0.2) is 0 Å². The maximum Gasteiger partial charge on any atom is 0.401 e. The minimum absolute atomic E-state index is 0.291. The average Bonchev–Trinajstić information content (AvgIpc) is 2.26. The van der Waals surface area contributed by atoms with E-state index in [1.54, 1.807) is 0 Å². The monoisotopic (exact) mass is 238 g/mol. The Morgan fingerprint density at radius 2 is 1.88 bits per heavy atom. The summed E-state index contributed by atoms with van der Waals surface area (Å²) >= 11 is 0. The van der Waals surface area contributed by atoms with Crippen molar-refractivity contribution in [2.45, 2.75) is 50.7 Å². The van der Waals surface area contributed by atoms with Crippen molar-refractivity contribution in [1.29, 1.82) is 0 Å². The number of hydrogen-bond acceptors (Lipinski definition) is 2. The first-order valence-corrected chi connectivity index (χ1v) is 5.92. The van der Waals surface area contributed by atoms with Crippen LogP contribution in [0.1, 0.15) is 39.0 Å². The van der Waals surface area contributed by atoms with Crippen LogP contribution in [0.2, 0.25) is 0 Å². The lowest BCUT2D eigenvalue weighted by Gasteiger charge is -2.40. The summed E-state index contributed by atoms with van der Waals surface area (Å²) in [6.45, 7) is 1.49. The lowest BCUT2D eigenvalue weighted by Crippen LogP contribution is -2.55. The molecule has 0 spiro atoms. The summed E-state index contributed by atoms with van der Waals surface area (Å²) in [4.78, 5) is 0. The molecule has 0 unspecified atom stereocenters. The molecule has 1 saturated carbocycles. The molecule has 1 fully saturated rings. The van der Waals surface area contributed by atoms with E-state index in [-0.39, 0.29) is 0 Å². The van der Waals surface area contributed by atoms with Gasteiger partial charge in [-0.3, -0.25) is 0 Å². The highest BCUT2D eigenvalue weighted by molar-refractivity contribution is 4.94. The van der Waals surface area contributed by atoms with Crippen LogP contribution in [-0.2, 0) is 0 Å². The van der Waals surface area contributed by atoms with E-state index in [1.165, 1.54) is 0 Å². The van der Waals surface area contributed by atoms with Gasteiger partial charge in [0.25, 0.3) is 0 Å². The molecule has 0 aliphatic heterocycles. The molecule has 1 aliphatic rings. The second-order valence-corrected chi connectivity index (χ2v) is 4.80. The molecule has 3 N–H and O–H groups in total. The summed E-state index contributed by atoms with van der Waals surface area (Å²) in [6.07, 6.45) is 0.455. The van der Waals surface area contributed by atoms with Gasteiger partial charge in [0.15, 0.2) is 0 Å². The third-order valence-electron chi connectivity index (χ3n) is 3.69. The number of nitrogens with two attached hydrogens (primary N) is 1. The second kappa shape index (κ2) is 5.36. The molecule has 1 aliphatic carbocycles. The van der Waals surface area contributed by atoms with Crippen LogP contribution in [0.4, 0.5) is 13.2 Å². The van der Waals surface area contributed by atoms with Gasteiger partial charge in [0.05, 0.1) is 6.54 Å². The minimum atomic E-state index is -4.15. The summed E-state index contributed by atoms with van der Waals surface area (Å²) in [6, 6.07) is 0. The fraction of sp³-hybridized carbons (Fsp3) is 1.00. The average molecular weight is 238 g/mol. The van der Waals surface area contributed by atoms with Gasteiger partial charge in [0.2, 0.25) is 0 Å². The lowest BCUT2D eigenvalue weighted by molar-refractivity contribution is -0.129. The molecule has 1 rings (SSSR count). The van der Waals surface area contributed by atoms with Crippen molar-refractivity contribution < 1.29 is 13.2 Å². The van der Waals surface area contributed by atoms with Gasteiger partial charge < -0.3 is 11.1 Å². The van der Waals surface area contributed by atoms with E-state index in [4.69, 9.17) is 5.73 Å². The van der Waals surface area contributed by atoms with Crippen LogP contribution in [0.5, 0.6) is 0 Å². The Bertz CT molecular complexity index is 208. The Labute approximate surface area is 94.8 Å². The van der Waals surface area contributed by atoms with Gasteiger partial charge >= 0.3 is 6.18 Å². The first-order valence-electron chi connectivity index (χ1n) is 5.92. The van der Waals surface area contributed by atoms with Crippen molar-refractivity contribution in [2.75, 3.05) is 13.1 Å². The summed E-state index contributed by atoms with van der Waals surface area (Å²) in [5.74, 6) is 0.660. The fourth-order valence-corrected chi connectivity index (χ4v) is 2.38. The van der Waals surface area contributed by atoms with E-state index >= 15 is 0 Å². The van der Waals surface area contributed by atoms with E-state index in [0.717, 1.165) is 32.1 Å². The second-order valence-electron chi connectivity index (χ2n) is 4.80. The molecule has 16 heavy (non-hydrogen) atoms. The smallest absolute Gasteiger partial charge is 0.329 e. The molecular weight excluding hydrogens is 217 g/mol. The number of alkyl halides is 3. The number of hydrogen-bond donors (Lipinski definition) is 2. The summed E-state index contributed by atoms with van der Waals surface area (Å²) in [7, 11) is 0. The number of rotatable bonds is 4. The topological polar surface area (TPSA) is 38.0 Å². The summed E-state index contributed by atoms with van der Waals surface area (Å²) in [5.41, 5.74) is 5.14. The molecule has 0 bridgehead atoms. The van der Waals surface area contributed by atoms with Crippen LogP contribution >= 0.6 is 0 Å². The number of nitrogens with one attached hydrogen (secondary N) is 1. The predicted octanol–water partition coefficient (Wildman–Crippen LogP) is 2.44. The first-order chi connectivity index (χ1) is 7.41. The van der Waals surface area contributed by atoms with Crippen molar-refractivity contribution in [2.24, 2.45) is 11.7 Å². The largest absolute Gasteiger partial charge is 0.401 e. The molecule has 0 aromatic heterocycles. The lowest BCUT2D eigenvalue weighted by atomic mass is 9.75. The molecule has 0 saturated heterocycles. The third kappa shape index (κ3) is 3.94. The molecule has 2 nitrogen and oxygen atoms in total. The van der Waals surface area contributed by atoms with Crippen molar-refractivity contribution in [3.63, 3.8) is 0 Å². The van der Waals surface area contributed by atoms with Crippen LogP contribution in [0.3, 0.4) is 0 Å². The maximum atomic E-state index is 12.2. The van der Waals surface area contributed by atoms with Gasteiger partial charge in [-0.2, -0.15) is 13.2 Å². The van der Waals surface area contributed by atoms with Gasteiger partial charge in [-0.05, 0) is 31.6 Å². The van der Waals surface area contributed by atoms with Gasteiger partial charge in [0.1, 0.15) is 0 Å². The Hall–Kier alpha value is -0.290. The molecular formula is C11H21F3N2. The van der Waals surface area contributed by atoms with Gasteiger partial charge in [-0.1, -0.05) is 13.3 Å². The normalized spacial score (nSPS) is 31.7. The highest BCUT2D eigenvalue weighted by atomic mass is 19.4. The Morgan fingerprint density at radius 1 is 1.31 bits per heavy atom. The van der Waals surface area contributed by atoms with Crippen LogP contribution in [0, 0.1) is 5.92 Å². The van der Waals surface area contributed by atoms with E-state index in [0.29, 0.717) is 12.5 Å². The van der Waals surface area contributed by atoms with Gasteiger partial charge in [0, 0.05) is 12.1 Å². The molecule has 0 heterocycles. The first kappa shape index (κ1) is 13.8. The summed E-state index contributed by atoms with van der Waals surface area (Å²) in [5, 5.41) is 2.62. The molecule has 0 atom stereocenters. The zero-order valence-corrected chi connectivity index (χ0v) is 9.74. The zero-order valence-electron chi connectivity index (χ0n) is 9.74. The minimum Gasteiger partial charge on any atom is -0.329 e. The quantitative estimate of drug-likeness (QED) is 0.789. The highest BCUT2D eigenvalue weighted by Gasteiger charge is 2.37. The van der Waals surface area contributed by atoms with Crippen LogP contribution in [0.15, 0.2) is 0 Å². The molecule has 0 aromatic carbocycles. The van der Waals surface area contributed by atoms with Crippen LogP contribution in [-0.4, -0.2) is 24.8 Å². The SMILES string of the molecule is CCC1CCC(CN)(NCC(F)(F)F)CC1. The van der Waals surface area contributed by atoms with Crippen molar-refractivity contribution >= 4 is 0 Å². The van der Waals surface area contributed by atoms with E-state index in [9.17, 15) is 13.2 Å². The van der Waals surface area contributed by atoms with Crippen LogP contribution in [0.25, 0.3) is 0 Å². The van der Waals surface area contributed by atoms with Crippen molar-refractivity contribution in [3.05, 3.63) is 0 Å². The Kier molecular flexibility index (Phi) is 4.62. The van der Waals surface area contributed by atoms with Gasteiger partial charge in [-0.15, -0.1) is 0 Å². The highest BCUT2D eigenvalue weighted by Crippen LogP contribution is 2.33. The molecule has 96 valence electrons. The molecule has 0 amide bonds. The van der Waals surface area contributed by atoms with Crippen molar-refractivity contribution in [1.82, 2.24) is 5.32 Å². The van der Waals surface area contributed by atoms with Crippen molar-refractivity contribution in [3.8, 4) is 0 Å². The summed E-state index contributed by atoms with van der Waals surface area (Å²) < 4.78 is 36.5. The number of halogens is 3. The Morgan fingerprint density at radius 3 is 2.25 bits per heavy atom. The van der Waals surface area contributed by atoms with E-state index < -0.39 is 18.3 Å². The fourth-order valence-electron chi connectivity index (χ4n) is 2.38. The Balaban J connectivity index is 2.46. The van der Waals surface area contributed by atoms with Crippen LogP contribution < -0.4 is 11.1 Å². The molecule has 0 aromatic rings. The standard InChI is InChI=1S/C11H21F3N2/c1-2-9-3-5-10(7-15,6-4-9)16-8-11(12,13)14/h9,16H,2-8,15H2,1H3. The third-order valence-corrected chi connectivity index (χ3v) is 3.69. The van der Waals surface area contributed by atoms with E-state index in [1.807, 2.05) is 0 Å². The maximum absolute atomic E-state index is 12.2. The zero-order chi connectivity index (χ0) is 12.2. The predicted molar refractivity (Wildman–Crippen MR) is 58.1 cm³/mol. The molecule has 5 heteroatoms. The molecule has 0 radical (unpaired) electrons. The van der Waals surface area contributed by atoms with E-state index in [2.05, 4.69) is 12.2 Å².